The SMILES string of the molecule is CC/C(C)=N\C(C)=C(/N)N1CC(C)OC(C)C1. The largest absolute Gasteiger partial charge is 0.384 e. The van der Waals surface area contributed by atoms with E-state index in [9.17, 15) is 0 Å². The minimum atomic E-state index is 0.223. The Morgan fingerprint density at radius 2 is 1.82 bits per heavy atom. The van der Waals surface area contributed by atoms with Crippen molar-refractivity contribution in [3.8, 4) is 0 Å². The molecule has 1 aliphatic rings. The summed E-state index contributed by atoms with van der Waals surface area (Å²) in [6.07, 6.45) is 1.41. The number of nitrogens with two attached hydrogens (primary N) is 1. The number of ether oxygens (including phenoxy) is 1. The first-order valence-corrected chi connectivity index (χ1v) is 6.35. The van der Waals surface area contributed by atoms with Crippen molar-refractivity contribution in [1.82, 2.24) is 4.90 Å². The molecule has 2 unspecified atom stereocenters. The summed E-state index contributed by atoms with van der Waals surface area (Å²) in [4.78, 5) is 6.68. The van der Waals surface area contributed by atoms with Gasteiger partial charge in [0, 0.05) is 18.8 Å². The first-order chi connectivity index (χ1) is 7.93. The molecule has 0 aromatic heterocycles. The van der Waals surface area contributed by atoms with Gasteiger partial charge in [0.05, 0.1) is 17.9 Å². The number of morpholine rings is 1. The lowest BCUT2D eigenvalue weighted by molar-refractivity contribution is -0.0584. The molecule has 0 aromatic rings. The molecule has 2 atom stereocenters. The Bertz CT molecular complexity index is 313. The van der Waals surface area contributed by atoms with Crippen LogP contribution < -0.4 is 5.73 Å². The zero-order valence-corrected chi connectivity index (χ0v) is 11.7. The van der Waals surface area contributed by atoms with E-state index in [0.29, 0.717) is 0 Å². The van der Waals surface area contributed by atoms with E-state index in [-0.39, 0.29) is 12.2 Å². The van der Waals surface area contributed by atoms with Gasteiger partial charge in [-0.05, 0) is 34.1 Å². The molecule has 0 spiro atoms. The van der Waals surface area contributed by atoms with Gasteiger partial charge in [-0.25, -0.2) is 0 Å². The van der Waals surface area contributed by atoms with Crippen molar-refractivity contribution in [1.29, 1.82) is 0 Å². The van der Waals surface area contributed by atoms with Gasteiger partial charge >= 0.3 is 0 Å². The maximum absolute atomic E-state index is 6.16. The standard InChI is InChI=1S/C13H25N3O/c1-6-9(2)15-12(5)13(14)16-7-10(3)17-11(4)8-16/h10-11H,6-8,14H2,1-5H3/b13-12+,15-9-. The second-order valence-electron chi connectivity index (χ2n) is 4.83. The normalized spacial score (nSPS) is 28.1. The number of hydrogen-bond acceptors (Lipinski definition) is 4. The number of aliphatic imine (C=N–C) groups is 1. The van der Waals surface area contributed by atoms with E-state index in [1.54, 1.807) is 0 Å². The highest BCUT2D eigenvalue weighted by atomic mass is 16.5. The van der Waals surface area contributed by atoms with E-state index < -0.39 is 0 Å². The van der Waals surface area contributed by atoms with Gasteiger partial charge in [0.2, 0.25) is 0 Å². The van der Waals surface area contributed by atoms with Crippen LogP contribution in [0, 0.1) is 0 Å². The van der Waals surface area contributed by atoms with E-state index in [1.165, 1.54) is 0 Å². The summed E-state index contributed by atoms with van der Waals surface area (Å²) >= 11 is 0. The van der Waals surface area contributed by atoms with Crippen LogP contribution in [0.1, 0.15) is 41.0 Å². The second kappa shape index (κ2) is 6.05. The molecule has 1 aliphatic heterocycles. The molecular weight excluding hydrogens is 214 g/mol. The summed E-state index contributed by atoms with van der Waals surface area (Å²) in [5.74, 6) is 0.778. The Morgan fingerprint density at radius 1 is 1.29 bits per heavy atom. The van der Waals surface area contributed by atoms with Gasteiger partial charge in [0.15, 0.2) is 0 Å². The van der Waals surface area contributed by atoms with E-state index in [1.807, 2.05) is 13.8 Å². The third kappa shape index (κ3) is 4.04. The van der Waals surface area contributed by atoms with Crippen molar-refractivity contribution < 1.29 is 4.74 Å². The van der Waals surface area contributed by atoms with Crippen molar-refractivity contribution in [2.45, 2.75) is 53.2 Å². The van der Waals surface area contributed by atoms with Gasteiger partial charge in [0.25, 0.3) is 0 Å². The highest BCUT2D eigenvalue weighted by Gasteiger charge is 2.23. The summed E-state index contributed by atoms with van der Waals surface area (Å²) in [5.41, 5.74) is 8.18. The van der Waals surface area contributed by atoms with Crippen LogP contribution in [-0.2, 0) is 4.74 Å². The van der Waals surface area contributed by atoms with Gasteiger partial charge in [-0.15, -0.1) is 0 Å². The lowest BCUT2D eigenvalue weighted by atomic mass is 10.2. The van der Waals surface area contributed by atoms with E-state index in [2.05, 4.69) is 30.7 Å². The van der Waals surface area contributed by atoms with E-state index in [0.717, 1.165) is 36.7 Å². The lowest BCUT2D eigenvalue weighted by Crippen LogP contribution is -2.46. The maximum Gasteiger partial charge on any atom is 0.121 e. The molecule has 1 rings (SSSR count). The molecule has 4 nitrogen and oxygen atoms in total. The molecule has 17 heavy (non-hydrogen) atoms. The molecule has 0 aromatic carbocycles. The Hall–Kier alpha value is -1.03. The van der Waals surface area contributed by atoms with Crippen molar-refractivity contribution in [2.75, 3.05) is 13.1 Å². The van der Waals surface area contributed by atoms with Crippen molar-refractivity contribution in [3.05, 3.63) is 11.5 Å². The molecule has 4 heteroatoms. The fourth-order valence-corrected chi connectivity index (χ4v) is 2.03. The van der Waals surface area contributed by atoms with Gasteiger partial charge in [0.1, 0.15) is 5.82 Å². The van der Waals surface area contributed by atoms with Crippen molar-refractivity contribution in [3.63, 3.8) is 0 Å². The first kappa shape index (κ1) is 14.0. The summed E-state index contributed by atoms with van der Waals surface area (Å²) in [6, 6.07) is 0. The minimum absolute atomic E-state index is 0.223. The van der Waals surface area contributed by atoms with E-state index in [4.69, 9.17) is 10.5 Å². The Labute approximate surface area is 105 Å². The second-order valence-corrected chi connectivity index (χ2v) is 4.83. The van der Waals surface area contributed by atoms with Crippen LogP contribution in [0.5, 0.6) is 0 Å². The van der Waals surface area contributed by atoms with Crippen molar-refractivity contribution in [2.24, 2.45) is 10.7 Å². The maximum atomic E-state index is 6.16. The summed E-state index contributed by atoms with van der Waals surface area (Å²) < 4.78 is 5.69. The molecule has 2 N–H and O–H groups in total. The van der Waals surface area contributed by atoms with Crippen LogP contribution in [0.3, 0.4) is 0 Å². The van der Waals surface area contributed by atoms with Crippen LogP contribution >= 0.6 is 0 Å². The highest BCUT2D eigenvalue weighted by molar-refractivity contribution is 5.82. The van der Waals surface area contributed by atoms with Crippen LogP contribution in [-0.4, -0.2) is 35.9 Å². The van der Waals surface area contributed by atoms with Gasteiger partial charge in [-0.3, -0.25) is 4.99 Å². The predicted molar refractivity (Wildman–Crippen MR) is 71.9 cm³/mol. The Balaban J connectivity index is 2.80. The topological polar surface area (TPSA) is 50.8 Å². The molecule has 1 saturated heterocycles. The van der Waals surface area contributed by atoms with Crippen molar-refractivity contribution >= 4 is 5.71 Å². The number of rotatable bonds is 3. The Kier molecular flexibility index (Phi) is 5.00. The molecule has 0 bridgehead atoms. The summed E-state index contributed by atoms with van der Waals surface area (Å²) in [7, 11) is 0. The zero-order chi connectivity index (χ0) is 13.0. The van der Waals surface area contributed by atoms with Crippen LogP contribution in [0.25, 0.3) is 0 Å². The smallest absolute Gasteiger partial charge is 0.121 e. The average Bonchev–Trinajstić information content (AvgIpc) is 2.26. The van der Waals surface area contributed by atoms with E-state index >= 15 is 0 Å². The third-order valence-corrected chi connectivity index (χ3v) is 3.00. The van der Waals surface area contributed by atoms with Crippen LogP contribution in [0.15, 0.2) is 16.5 Å². The van der Waals surface area contributed by atoms with Crippen LogP contribution in [0.2, 0.25) is 0 Å². The predicted octanol–water partition coefficient (Wildman–Crippen LogP) is 2.11. The first-order valence-electron chi connectivity index (χ1n) is 6.35. The average molecular weight is 239 g/mol. The quantitative estimate of drug-likeness (QED) is 0.767. The molecule has 0 saturated carbocycles. The fourth-order valence-electron chi connectivity index (χ4n) is 2.03. The van der Waals surface area contributed by atoms with Gasteiger partial charge < -0.3 is 15.4 Å². The number of allylic oxidation sites excluding steroid dienone is 1. The Morgan fingerprint density at radius 3 is 2.29 bits per heavy atom. The highest BCUT2D eigenvalue weighted by Crippen LogP contribution is 2.16. The molecule has 0 amide bonds. The molecule has 98 valence electrons. The third-order valence-electron chi connectivity index (χ3n) is 3.00. The molecule has 1 heterocycles. The molecule has 0 radical (unpaired) electrons. The monoisotopic (exact) mass is 239 g/mol. The van der Waals surface area contributed by atoms with Crippen LogP contribution in [0.4, 0.5) is 0 Å². The number of nitrogens with zero attached hydrogens (tertiary/aromatic N) is 2. The number of hydrogen-bond donors (Lipinski definition) is 1. The summed E-state index contributed by atoms with van der Waals surface area (Å²) in [5, 5.41) is 0. The van der Waals surface area contributed by atoms with Gasteiger partial charge in [-0.2, -0.15) is 0 Å². The molecular formula is C13H25N3O. The summed E-state index contributed by atoms with van der Waals surface area (Å²) in [6.45, 7) is 11.9. The molecule has 0 aliphatic carbocycles. The molecule has 1 fully saturated rings. The van der Waals surface area contributed by atoms with Gasteiger partial charge in [-0.1, -0.05) is 6.92 Å². The lowest BCUT2D eigenvalue weighted by Gasteiger charge is -2.37. The minimum Gasteiger partial charge on any atom is -0.384 e. The zero-order valence-electron chi connectivity index (χ0n) is 11.7. The fraction of sp³-hybridized carbons (Fsp3) is 0.769.